The Hall–Kier alpha value is -1.42. The van der Waals surface area contributed by atoms with Crippen LogP contribution in [0.25, 0.3) is 0 Å². The van der Waals surface area contributed by atoms with Gasteiger partial charge in [-0.25, -0.2) is 4.39 Å². The molecule has 1 N–H and O–H groups in total. The van der Waals surface area contributed by atoms with Crippen LogP contribution in [0.2, 0.25) is 0 Å². The Morgan fingerprint density at radius 2 is 1.83 bits per heavy atom. The van der Waals surface area contributed by atoms with Crippen molar-refractivity contribution in [3.05, 3.63) is 35.6 Å². The minimum absolute atomic E-state index is 0.179. The van der Waals surface area contributed by atoms with Gasteiger partial charge in [0, 0.05) is 0 Å². The predicted octanol–water partition coefficient (Wildman–Crippen LogP) is 3.76. The Labute approximate surface area is 135 Å². The lowest BCUT2D eigenvalue weighted by Gasteiger charge is -2.58. The zero-order valence-electron chi connectivity index (χ0n) is 13.4. The van der Waals surface area contributed by atoms with Gasteiger partial charge in [0.05, 0.1) is 11.0 Å². The number of hydrogen-bond acceptors (Lipinski definition) is 3. The van der Waals surface area contributed by atoms with Gasteiger partial charge in [0.15, 0.2) is 0 Å². The summed E-state index contributed by atoms with van der Waals surface area (Å²) in [4.78, 5) is 12.9. The lowest BCUT2D eigenvalue weighted by molar-refractivity contribution is -0.199. The zero-order valence-corrected chi connectivity index (χ0v) is 13.4. The first-order valence-corrected chi connectivity index (χ1v) is 8.56. The van der Waals surface area contributed by atoms with E-state index >= 15 is 0 Å². The third kappa shape index (κ3) is 2.57. The highest BCUT2D eigenvalue weighted by Crippen LogP contribution is 2.62. The molecule has 124 valence electrons. The van der Waals surface area contributed by atoms with Gasteiger partial charge in [-0.1, -0.05) is 12.1 Å². The van der Waals surface area contributed by atoms with Crippen LogP contribution in [0.5, 0.6) is 0 Å². The van der Waals surface area contributed by atoms with E-state index in [1.807, 2.05) is 6.92 Å². The monoisotopic (exact) mass is 318 g/mol. The Bertz CT molecular complexity index is 610. The molecule has 1 aromatic rings. The number of esters is 1. The molecule has 0 aliphatic heterocycles. The fraction of sp³-hybridized carbons (Fsp3) is 0.632. The number of hydrogen-bond donors (Lipinski definition) is 1. The molecule has 4 heteroatoms. The maximum atomic E-state index is 13.0. The van der Waals surface area contributed by atoms with Crippen molar-refractivity contribution < 1.29 is 19.0 Å². The van der Waals surface area contributed by atoms with Gasteiger partial charge in [0.1, 0.15) is 11.9 Å². The Kier molecular flexibility index (Phi) is 3.31. The summed E-state index contributed by atoms with van der Waals surface area (Å²) in [6.07, 6.45) is 4.66. The normalized spacial score (nSPS) is 39.3. The molecular formula is C19H23FO3. The smallest absolute Gasteiger partial charge is 0.312 e. The first-order valence-electron chi connectivity index (χ1n) is 8.56. The van der Waals surface area contributed by atoms with E-state index in [4.69, 9.17) is 4.74 Å². The second kappa shape index (κ2) is 5.04. The van der Waals surface area contributed by atoms with E-state index in [1.165, 1.54) is 12.1 Å². The average Bonchev–Trinajstić information content (AvgIpc) is 2.45. The van der Waals surface area contributed by atoms with Crippen LogP contribution in [0, 0.1) is 23.1 Å². The van der Waals surface area contributed by atoms with Crippen LogP contribution in [0.3, 0.4) is 0 Å². The van der Waals surface area contributed by atoms with Gasteiger partial charge in [-0.15, -0.1) is 0 Å². The molecule has 0 aromatic heterocycles. The number of ether oxygens (including phenoxy) is 1. The van der Waals surface area contributed by atoms with E-state index in [1.54, 1.807) is 12.1 Å². The average molecular weight is 318 g/mol. The molecule has 5 rings (SSSR count). The van der Waals surface area contributed by atoms with Gasteiger partial charge < -0.3 is 9.84 Å². The molecule has 0 heterocycles. The largest absolute Gasteiger partial charge is 0.457 e. The summed E-state index contributed by atoms with van der Waals surface area (Å²) < 4.78 is 18.8. The molecule has 3 nitrogen and oxygen atoms in total. The fourth-order valence-electron chi connectivity index (χ4n) is 5.54. The summed E-state index contributed by atoms with van der Waals surface area (Å²) in [6.45, 7) is 1.82. The first kappa shape index (κ1) is 15.1. The standard InChI is InChI=1S/C19H23FO3/c1-12(15-2-4-16(20)5-3-15)23-17(21)18-7-13-6-14(8-18)10-19(22,9-13)11-18/h2-5,12-14,22H,6-11H2,1H3. The second-order valence-electron chi connectivity index (χ2n) is 8.06. The predicted molar refractivity (Wildman–Crippen MR) is 83.0 cm³/mol. The lowest BCUT2D eigenvalue weighted by Crippen LogP contribution is -2.58. The highest BCUT2D eigenvalue weighted by Gasteiger charge is 2.61. The van der Waals surface area contributed by atoms with E-state index in [9.17, 15) is 14.3 Å². The fourth-order valence-corrected chi connectivity index (χ4v) is 5.54. The van der Waals surface area contributed by atoms with E-state index in [0.717, 1.165) is 37.7 Å². The molecule has 4 aliphatic rings. The van der Waals surface area contributed by atoms with E-state index < -0.39 is 17.1 Å². The molecular weight excluding hydrogens is 295 g/mol. The molecule has 4 fully saturated rings. The first-order chi connectivity index (χ1) is 10.9. The van der Waals surface area contributed by atoms with Gasteiger partial charge in [0.2, 0.25) is 0 Å². The Morgan fingerprint density at radius 3 is 2.39 bits per heavy atom. The van der Waals surface area contributed by atoms with Crippen molar-refractivity contribution in [3.63, 3.8) is 0 Å². The van der Waals surface area contributed by atoms with Crippen molar-refractivity contribution in [3.8, 4) is 0 Å². The minimum atomic E-state index is -0.664. The van der Waals surface area contributed by atoms with Crippen LogP contribution in [0.15, 0.2) is 24.3 Å². The number of aliphatic hydroxyl groups is 1. The van der Waals surface area contributed by atoms with Crippen molar-refractivity contribution in [2.45, 2.75) is 57.2 Å². The molecule has 3 atom stereocenters. The molecule has 0 spiro atoms. The summed E-state index contributed by atoms with van der Waals surface area (Å²) >= 11 is 0. The highest BCUT2D eigenvalue weighted by molar-refractivity contribution is 5.78. The van der Waals surface area contributed by atoms with Gasteiger partial charge in [0.25, 0.3) is 0 Å². The molecule has 23 heavy (non-hydrogen) atoms. The number of rotatable bonds is 3. The summed E-state index contributed by atoms with van der Waals surface area (Å²) in [7, 11) is 0. The van der Waals surface area contributed by atoms with Crippen LogP contribution >= 0.6 is 0 Å². The SMILES string of the molecule is CC(OC(=O)C12CC3CC(CC(O)(C3)C1)C2)c1ccc(F)cc1. The van der Waals surface area contributed by atoms with Crippen LogP contribution in [-0.2, 0) is 9.53 Å². The Balaban J connectivity index is 1.51. The molecule has 3 unspecified atom stereocenters. The lowest BCUT2D eigenvalue weighted by atomic mass is 9.48. The molecule has 0 amide bonds. The maximum absolute atomic E-state index is 13.0. The van der Waals surface area contributed by atoms with E-state index in [-0.39, 0.29) is 11.8 Å². The number of carbonyl (C=O) groups excluding carboxylic acids is 1. The molecule has 4 bridgehead atoms. The van der Waals surface area contributed by atoms with Crippen LogP contribution in [0.1, 0.15) is 57.1 Å². The topological polar surface area (TPSA) is 46.5 Å². The summed E-state index contributed by atoms with van der Waals surface area (Å²) in [5.74, 6) is 0.433. The third-order valence-corrected chi connectivity index (χ3v) is 6.09. The summed E-state index contributed by atoms with van der Waals surface area (Å²) in [5, 5.41) is 10.7. The van der Waals surface area contributed by atoms with Gasteiger partial charge in [-0.05, 0) is 75.0 Å². The molecule has 4 aliphatic carbocycles. The minimum Gasteiger partial charge on any atom is -0.457 e. The van der Waals surface area contributed by atoms with Crippen LogP contribution in [0.4, 0.5) is 4.39 Å². The third-order valence-electron chi connectivity index (χ3n) is 6.09. The number of halogens is 1. The van der Waals surface area contributed by atoms with E-state index in [0.29, 0.717) is 18.3 Å². The summed E-state index contributed by atoms with van der Waals surface area (Å²) in [6, 6.07) is 6.07. The van der Waals surface area contributed by atoms with Gasteiger partial charge >= 0.3 is 5.97 Å². The van der Waals surface area contributed by atoms with Gasteiger partial charge in [-0.3, -0.25) is 4.79 Å². The quantitative estimate of drug-likeness (QED) is 0.863. The maximum Gasteiger partial charge on any atom is 0.312 e. The van der Waals surface area contributed by atoms with Crippen LogP contribution in [-0.4, -0.2) is 16.7 Å². The molecule has 0 saturated heterocycles. The van der Waals surface area contributed by atoms with Gasteiger partial charge in [-0.2, -0.15) is 0 Å². The zero-order chi connectivity index (χ0) is 16.2. The number of benzene rings is 1. The molecule has 0 radical (unpaired) electrons. The Morgan fingerprint density at radius 1 is 1.22 bits per heavy atom. The van der Waals surface area contributed by atoms with Crippen molar-refractivity contribution in [2.75, 3.05) is 0 Å². The van der Waals surface area contributed by atoms with Crippen molar-refractivity contribution in [1.82, 2.24) is 0 Å². The number of carbonyl (C=O) groups is 1. The van der Waals surface area contributed by atoms with Crippen molar-refractivity contribution in [1.29, 1.82) is 0 Å². The summed E-state index contributed by atoms with van der Waals surface area (Å²) in [5.41, 5.74) is -0.377. The molecule has 4 saturated carbocycles. The second-order valence-corrected chi connectivity index (χ2v) is 8.06. The van der Waals surface area contributed by atoms with Crippen molar-refractivity contribution in [2.24, 2.45) is 17.3 Å². The van der Waals surface area contributed by atoms with Crippen molar-refractivity contribution >= 4 is 5.97 Å². The van der Waals surface area contributed by atoms with Crippen LogP contribution < -0.4 is 0 Å². The highest BCUT2D eigenvalue weighted by atomic mass is 19.1. The molecule has 1 aromatic carbocycles. The van der Waals surface area contributed by atoms with E-state index in [2.05, 4.69) is 0 Å².